The van der Waals surface area contributed by atoms with Crippen molar-refractivity contribution in [2.75, 3.05) is 14.2 Å². The molecular formula is C16H20N2O4. The molecule has 0 bridgehead atoms. The third kappa shape index (κ3) is 2.77. The molecule has 6 nitrogen and oxygen atoms in total. The van der Waals surface area contributed by atoms with Crippen LogP contribution in [-0.4, -0.2) is 35.5 Å². The van der Waals surface area contributed by atoms with Gasteiger partial charge in [-0.2, -0.15) is 5.10 Å². The van der Waals surface area contributed by atoms with Crippen molar-refractivity contribution in [1.29, 1.82) is 0 Å². The molecule has 0 saturated heterocycles. The van der Waals surface area contributed by atoms with Crippen molar-refractivity contribution < 1.29 is 19.4 Å². The van der Waals surface area contributed by atoms with Crippen LogP contribution in [0.5, 0.6) is 11.5 Å². The highest BCUT2D eigenvalue weighted by atomic mass is 16.5. The van der Waals surface area contributed by atoms with E-state index in [1.807, 2.05) is 0 Å². The standard InChI is InChI=1S/C16H20N2O4/c1-16(2,3)14-11(8-17-18-14)9-6-10(15(19)20)13(22-5)12(7-9)21-4/h6-8H,1-5H3,(H,17,18)(H,19,20). The van der Waals surface area contributed by atoms with Gasteiger partial charge in [0.15, 0.2) is 11.5 Å². The first kappa shape index (κ1) is 15.9. The first-order chi connectivity index (χ1) is 10.3. The second-order valence-electron chi connectivity index (χ2n) is 5.97. The molecule has 1 aromatic carbocycles. The van der Waals surface area contributed by atoms with Gasteiger partial charge >= 0.3 is 5.97 Å². The quantitative estimate of drug-likeness (QED) is 0.906. The van der Waals surface area contributed by atoms with Gasteiger partial charge in [0.25, 0.3) is 0 Å². The van der Waals surface area contributed by atoms with Crippen molar-refractivity contribution in [3.63, 3.8) is 0 Å². The number of nitrogens with one attached hydrogen (secondary N) is 1. The van der Waals surface area contributed by atoms with Gasteiger partial charge in [-0.05, 0) is 17.7 Å². The number of hydrogen-bond donors (Lipinski definition) is 2. The van der Waals surface area contributed by atoms with Gasteiger partial charge in [0.05, 0.1) is 20.4 Å². The van der Waals surface area contributed by atoms with Crippen LogP contribution in [0, 0.1) is 0 Å². The van der Waals surface area contributed by atoms with Gasteiger partial charge in [0, 0.05) is 16.7 Å². The van der Waals surface area contributed by atoms with Gasteiger partial charge < -0.3 is 14.6 Å². The molecule has 0 saturated carbocycles. The van der Waals surface area contributed by atoms with Crippen molar-refractivity contribution >= 4 is 5.97 Å². The number of aromatic amines is 1. The molecule has 0 atom stereocenters. The van der Waals surface area contributed by atoms with Crippen LogP contribution in [-0.2, 0) is 5.41 Å². The minimum atomic E-state index is -1.07. The molecule has 0 aliphatic carbocycles. The normalized spacial score (nSPS) is 11.3. The molecule has 0 aliphatic rings. The van der Waals surface area contributed by atoms with Crippen molar-refractivity contribution in [2.45, 2.75) is 26.2 Å². The lowest BCUT2D eigenvalue weighted by Crippen LogP contribution is -2.13. The summed E-state index contributed by atoms with van der Waals surface area (Å²) in [4.78, 5) is 11.5. The lowest BCUT2D eigenvalue weighted by Gasteiger charge is -2.19. The molecule has 22 heavy (non-hydrogen) atoms. The summed E-state index contributed by atoms with van der Waals surface area (Å²) in [6.07, 6.45) is 1.69. The fraction of sp³-hybridized carbons (Fsp3) is 0.375. The molecule has 0 spiro atoms. The van der Waals surface area contributed by atoms with Crippen LogP contribution in [0.1, 0.15) is 36.8 Å². The Morgan fingerprint density at radius 2 is 1.91 bits per heavy atom. The van der Waals surface area contributed by atoms with Gasteiger partial charge in [0.1, 0.15) is 5.56 Å². The monoisotopic (exact) mass is 304 g/mol. The number of benzene rings is 1. The highest BCUT2D eigenvalue weighted by molar-refractivity contribution is 5.94. The number of rotatable bonds is 4. The lowest BCUT2D eigenvalue weighted by atomic mass is 9.87. The Balaban J connectivity index is 2.70. The van der Waals surface area contributed by atoms with Crippen LogP contribution >= 0.6 is 0 Å². The van der Waals surface area contributed by atoms with Crippen molar-refractivity contribution in [2.24, 2.45) is 0 Å². The zero-order valence-corrected chi connectivity index (χ0v) is 13.4. The van der Waals surface area contributed by atoms with E-state index >= 15 is 0 Å². The maximum Gasteiger partial charge on any atom is 0.339 e. The highest BCUT2D eigenvalue weighted by Gasteiger charge is 2.24. The Hall–Kier alpha value is -2.50. The van der Waals surface area contributed by atoms with E-state index in [4.69, 9.17) is 9.47 Å². The number of aromatic nitrogens is 2. The molecule has 6 heteroatoms. The molecule has 1 heterocycles. The molecule has 2 rings (SSSR count). The van der Waals surface area contributed by atoms with E-state index < -0.39 is 5.97 Å². The highest BCUT2D eigenvalue weighted by Crippen LogP contribution is 2.39. The van der Waals surface area contributed by atoms with Crippen molar-refractivity contribution in [1.82, 2.24) is 10.2 Å². The van der Waals surface area contributed by atoms with Gasteiger partial charge in [0.2, 0.25) is 0 Å². The Morgan fingerprint density at radius 1 is 1.23 bits per heavy atom. The number of ether oxygens (including phenoxy) is 2. The second kappa shape index (κ2) is 5.71. The van der Waals surface area contributed by atoms with Crippen molar-refractivity contribution in [3.05, 3.63) is 29.6 Å². The number of carboxylic acids is 1. The molecule has 1 aromatic heterocycles. The van der Waals surface area contributed by atoms with Crippen molar-refractivity contribution in [3.8, 4) is 22.6 Å². The summed E-state index contributed by atoms with van der Waals surface area (Å²) in [5.74, 6) is -0.490. The topological polar surface area (TPSA) is 84.4 Å². The Bertz CT molecular complexity index is 699. The molecule has 2 N–H and O–H groups in total. The summed E-state index contributed by atoms with van der Waals surface area (Å²) in [6.45, 7) is 6.18. The Kier molecular flexibility index (Phi) is 4.12. The molecule has 0 radical (unpaired) electrons. The van der Waals surface area contributed by atoms with Crippen LogP contribution < -0.4 is 9.47 Å². The fourth-order valence-corrected chi connectivity index (χ4v) is 2.36. The molecule has 2 aromatic rings. The zero-order chi connectivity index (χ0) is 16.5. The Morgan fingerprint density at radius 3 is 2.41 bits per heavy atom. The molecule has 0 fully saturated rings. The summed E-state index contributed by atoms with van der Waals surface area (Å²) < 4.78 is 10.4. The van der Waals surface area contributed by atoms with E-state index in [-0.39, 0.29) is 16.7 Å². The lowest BCUT2D eigenvalue weighted by molar-refractivity contribution is 0.0692. The van der Waals surface area contributed by atoms with E-state index in [2.05, 4.69) is 31.0 Å². The van der Waals surface area contributed by atoms with E-state index in [1.165, 1.54) is 14.2 Å². The van der Waals surface area contributed by atoms with Gasteiger partial charge in [-0.1, -0.05) is 20.8 Å². The number of hydrogen-bond acceptors (Lipinski definition) is 4. The van der Waals surface area contributed by atoms with Gasteiger partial charge in [-0.15, -0.1) is 0 Å². The number of nitrogens with zero attached hydrogens (tertiary/aromatic N) is 1. The third-order valence-electron chi connectivity index (χ3n) is 3.41. The maximum absolute atomic E-state index is 11.5. The molecule has 0 aliphatic heterocycles. The van der Waals surface area contributed by atoms with E-state index in [0.29, 0.717) is 11.3 Å². The Labute approximate surface area is 129 Å². The zero-order valence-electron chi connectivity index (χ0n) is 13.4. The second-order valence-corrected chi connectivity index (χ2v) is 5.97. The van der Waals surface area contributed by atoms with Crippen LogP contribution in [0.3, 0.4) is 0 Å². The largest absolute Gasteiger partial charge is 0.493 e. The van der Waals surface area contributed by atoms with E-state index in [1.54, 1.807) is 18.3 Å². The minimum Gasteiger partial charge on any atom is -0.493 e. The number of H-pyrrole nitrogens is 1. The molecule has 0 unspecified atom stereocenters. The predicted molar refractivity (Wildman–Crippen MR) is 82.8 cm³/mol. The molecule has 118 valence electrons. The number of carboxylic acid groups (broad SMARTS) is 1. The summed E-state index contributed by atoms with van der Waals surface area (Å²) in [6, 6.07) is 3.33. The number of carbonyl (C=O) groups is 1. The molecular weight excluding hydrogens is 284 g/mol. The summed E-state index contributed by atoms with van der Waals surface area (Å²) >= 11 is 0. The summed E-state index contributed by atoms with van der Waals surface area (Å²) in [7, 11) is 2.90. The van der Waals surface area contributed by atoms with Crippen LogP contribution in [0.25, 0.3) is 11.1 Å². The van der Waals surface area contributed by atoms with E-state index in [0.717, 1.165) is 11.3 Å². The minimum absolute atomic E-state index is 0.0536. The molecule has 0 amide bonds. The average molecular weight is 304 g/mol. The number of aromatic carboxylic acids is 1. The average Bonchev–Trinajstić information content (AvgIpc) is 2.95. The SMILES string of the molecule is COc1cc(-c2cn[nH]c2C(C)(C)C)cc(C(=O)O)c1OC. The van der Waals surface area contributed by atoms with Crippen LogP contribution in [0.4, 0.5) is 0 Å². The van der Waals surface area contributed by atoms with Crippen LogP contribution in [0.15, 0.2) is 18.3 Å². The van der Waals surface area contributed by atoms with Gasteiger partial charge in [-0.3, -0.25) is 5.10 Å². The number of methoxy groups -OCH3 is 2. The predicted octanol–water partition coefficient (Wildman–Crippen LogP) is 3.09. The first-order valence-corrected chi connectivity index (χ1v) is 6.83. The maximum atomic E-state index is 11.5. The smallest absolute Gasteiger partial charge is 0.339 e. The van der Waals surface area contributed by atoms with E-state index in [9.17, 15) is 9.90 Å². The van der Waals surface area contributed by atoms with Crippen LogP contribution in [0.2, 0.25) is 0 Å². The summed E-state index contributed by atoms with van der Waals surface area (Å²) in [5, 5.41) is 16.5. The summed E-state index contributed by atoms with van der Waals surface area (Å²) in [5.41, 5.74) is 2.39. The fourth-order valence-electron chi connectivity index (χ4n) is 2.36. The van der Waals surface area contributed by atoms with Gasteiger partial charge in [-0.25, -0.2) is 4.79 Å². The third-order valence-corrected chi connectivity index (χ3v) is 3.41. The first-order valence-electron chi connectivity index (χ1n) is 6.83.